The first-order valence-electron chi connectivity index (χ1n) is 3.85. The quantitative estimate of drug-likeness (QED) is 0.346. The minimum Gasteiger partial charge on any atom is -0.744 e. The molecule has 0 unspecified atom stereocenters. The van der Waals surface area contributed by atoms with Gasteiger partial charge in [0.05, 0.1) is 23.8 Å². The molecule has 0 aliphatic rings. The first-order chi connectivity index (χ1) is 7.27. The average molecular weight is 247 g/mol. The lowest BCUT2D eigenvalue weighted by atomic mass is 10.2. The van der Waals surface area contributed by atoms with E-state index in [9.17, 15) is 23.1 Å². The van der Waals surface area contributed by atoms with E-state index in [1.807, 2.05) is 0 Å². The Morgan fingerprint density at radius 3 is 2.38 bits per heavy atom. The normalized spacial score (nSPS) is 11.1. The second-order valence-corrected chi connectivity index (χ2v) is 4.12. The third kappa shape index (κ3) is 2.20. The van der Waals surface area contributed by atoms with Crippen LogP contribution in [0.3, 0.4) is 0 Å². The molecule has 0 saturated heterocycles. The Kier molecular flexibility index (Phi) is 3.01. The predicted molar refractivity (Wildman–Crippen MR) is 52.0 cm³/mol. The summed E-state index contributed by atoms with van der Waals surface area (Å²) in [4.78, 5) is 8.58. The molecule has 0 fully saturated rings. The third-order valence-corrected chi connectivity index (χ3v) is 2.64. The molecule has 1 aromatic rings. The van der Waals surface area contributed by atoms with Crippen molar-refractivity contribution in [3.05, 3.63) is 22.2 Å². The van der Waals surface area contributed by atoms with E-state index in [0.717, 1.165) is 6.07 Å². The molecule has 0 heterocycles. The van der Waals surface area contributed by atoms with Crippen LogP contribution in [0, 0.1) is 10.1 Å². The number of benzene rings is 1. The minimum atomic E-state index is -4.95. The maximum atomic E-state index is 10.8. The van der Waals surface area contributed by atoms with Gasteiger partial charge in [0.15, 0.2) is 0 Å². The summed E-state index contributed by atoms with van der Waals surface area (Å²) in [5, 5.41) is 10.6. The highest BCUT2D eigenvalue weighted by Crippen LogP contribution is 2.33. The van der Waals surface area contributed by atoms with Crippen LogP contribution in [0.25, 0.3) is 0 Å². The van der Waals surface area contributed by atoms with Gasteiger partial charge in [-0.25, -0.2) is 8.42 Å². The molecule has 88 valence electrons. The molecule has 1 rings (SSSR count). The molecule has 0 bridgehead atoms. The van der Waals surface area contributed by atoms with Crippen molar-refractivity contribution < 1.29 is 22.6 Å². The van der Waals surface area contributed by atoms with E-state index in [-0.39, 0.29) is 11.4 Å². The molecule has 2 N–H and O–H groups in total. The van der Waals surface area contributed by atoms with Crippen molar-refractivity contribution in [2.45, 2.75) is 4.90 Å². The van der Waals surface area contributed by atoms with Crippen LogP contribution < -0.4 is 10.5 Å². The lowest BCUT2D eigenvalue weighted by molar-refractivity contribution is -0.387. The summed E-state index contributed by atoms with van der Waals surface area (Å²) in [5.41, 5.74) is 4.32. The maximum absolute atomic E-state index is 10.8. The summed E-state index contributed by atoms with van der Waals surface area (Å²) in [6.07, 6.45) is 0. The lowest BCUT2D eigenvalue weighted by Crippen LogP contribution is -2.06. The molecule has 0 saturated carbocycles. The summed E-state index contributed by atoms with van der Waals surface area (Å²) < 4.78 is 36.9. The number of anilines is 1. The zero-order valence-electron chi connectivity index (χ0n) is 8.04. The van der Waals surface area contributed by atoms with Crippen LogP contribution in [-0.2, 0) is 10.1 Å². The number of nitro groups is 1. The number of nitro benzene ring substituents is 1. The topological polar surface area (TPSA) is 136 Å². The van der Waals surface area contributed by atoms with Crippen molar-refractivity contribution in [2.75, 3.05) is 12.8 Å². The Morgan fingerprint density at radius 1 is 1.44 bits per heavy atom. The van der Waals surface area contributed by atoms with E-state index in [1.165, 1.54) is 7.11 Å². The number of rotatable bonds is 3. The van der Waals surface area contributed by atoms with Crippen molar-refractivity contribution in [2.24, 2.45) is 0 Å². The predicted octanol–water partition coefficient (Wildman–Crippen LogP) is 0.0897. The van der Waals surface area contributed by atoms with Crippen LogP contribution in [0.2, 0.25) is 0 Å². The Labute approximate surface area is 90.5 Å². The van der Waals surface area contributed by atoms with E-state index >= 15 is 0 Å². The molecule has 8 nitrogen and oxygen atoms in total. The van der Waals surface area contributed by atoms with Crippen LogP contribution in [-0.4, -0.2) is 25.0 Å². The third-order valence-electron chi connectivity index (χ3n) is 1.78. The molecular weight excluding hydrogens is 240 g/mol. The molecule has 0 amide bonds. The summed E-state index contributed by atoms with van der Waals surface area (Å²) in [6.45, 7) is 0. The molecule has 0 aliphatic heterocycles. The highest BCUT2D eigenvalue weighted by atomic mass is 32.2. The van der Waals surface area contributed by atoms with Gasteiger partial charge >= 0.3 is 0 Å². The SMILES string of the molecule is COc1cc([N+](=O)[O-])c(S(=O)(=O)[O-])cc1N. The van der Waals surface area contributed by atoms with E-state index < -0.39 is 25.6 Å². The Hall–Kier alpha value is -1.87. The van der Waals surface area contributed by atoms with Crippen molar-refractivity contribution in [3.63, 3.8) is 0 Å². The number of methoxy groups -OCH3 is 1. The van der Waals surface area contributed by atoms with Gasteiger partial charge in [0, 0.05) is 0 Å². The first kappa shape index (κ1) is 12.2. The fraction of sp³-hybridized carbons (Fsp3) is 0.143. The number of hydrogen-bond donors (Lipinski definition) is 1. The highest BCUT2D eigenvalue weighted by Gasteiger charge is 2.22. The van der Waals surface area contributed by atoms with Gasteiger partial charge in [-0.05, 0) is 6.07 Å². The van der Waals surface area contributed by atoms with E-state index in [2.05, 4.69) is 4.74 Å². The standard InChI is InChI=1S/C7H8N2O6S/c1-15-6-3-5(9(10)11)7(2-4(6)8)16(12,13)14/h2-3H,8H2,1H3,(H,12,13,14)/p-1. The number of nitrogen functional groups attached to an aromatic ring is 1. The van der Waals surface area contributed by atoms with Crippen molar-refractivity contribution >= 4 is 21.5 Å². The minimum absolute atomic E-state index is 0.0703. The van der Waals surface area contributed by atoms with Crippen molar-refractivity contribution in [1.29, 1.82) is 0 Å². The molecule has 0 spiro atoms. The summed E-state index contributed by atoms with van der Waals surface area (Å²) >= 11 is 0. The lowest BCUT2D eigenvalue weighted by Gasteiger charge is -2.10. The molecule has 16 heavy (non-hydrogen) atoms. The molecule has 0 atom stereocenters. The molecule has 0 radical (unpaired) electrons. The summed E-state index contributed by atoms with van der Waals surface area (Å²) in [6, 6.07) is 1.50. The van der Waals surface area contributed by atoms with Gasteiger partial charge in [-0.1, -0.05) is 0 Å². The van der Waals surface area contributed by atoms with Crippen molar-refractivity contribution in [3.8, 4) is 5.75 Å². The number of hydrogen-bond acceptors (Lipinski definition) is 7. The molecule has 0 aromatic heterocycles. The zero-order valence-corrected chi connectivity index (χ0v) is 8.85. The maximum Gasteiger partial charge on any atom is 0.290 e. The average Bonchev–Trinajstić information content (AvgIpc) is 2.15. The smallest absolute Gasteiger partial charge is 0.290 e. The van der Waals surface area contributed by atoms with Gasteiger partial charge in [-0.2, -0.15) is 0 Å². The van der Waals surface area contributed by atoms with E-state index in [0.29, 0.717) is 6.07 Å². The molecule has 0 aliphatic carbocycles. The van der Waals surface area contributed by atoms with Gasteiger partial charge < -0.3 is 15.0 Å². The molecule has 9 heteroatoms. The fourth-order valence-electron chi connectivity index (χ4n) is 1.08. The number of nitrogens with zero attached hydrogens (tertiary/aromatic N) is 1. The zero-order chi connectivity index (χ0) is 12.5. The Bertz CT molecular complexity index is 538. The van der Waals surface area contributed by atoms with Gasteiger partial charge in [0.2, 0.25) is 0 Å². The van der Waals surface area contributed by atoms with Crippen LogP contribution in [0.4, 0.5) is 11.4 Å². The molecule has 1 aromatic carbocycles. The van der Waals surface area contributed by atoms with Gasteiger partial charge in [-0.15, -0.1) is 0 Å². The van der Waals surface area contributed by atoms with Crippen molar-refractivity contribution in [1.82, 2.24) is 0 Å². The second kappa shape index (κ2) is 3.94. The monoisotopic (exact) mass is 247 g/mol. The van der Waals surface area contributed by atoms with Gasteiger partial charge in [0.25, 0.3) is 5.69 Å². The van der Waals surface area contributed by atoms with Gasteiger partial charge in [-0.3, -0.25) is 10.1 Å². The summed E-state index contributed by atoms with van der Waals surface area (Å²) in [7, 11) is -3.74. The van der Waals surface area contributed by atoms with Crippen LogP contribution in [0.5, 0.6) is 5.75 Å². The van der Waals surface area contributed by atoms with E-state index in [4.69, 9.17) is 5.73 Å². The van der Waals surface area contributed by atoms with Gasteiger partial charge in [0.1, 0.15) is 20.8 Å². The number of ether oxygens (including phenoxy) is 1. The summed E-state index contributed by atoms with van der Waals surface area (Å²) in [5.74, 6) is -0.0703. The fourth-order valence-corrected chi connectivity index (χ4v) is 1.75. The second-order valence-electron chi connectivity index (χ2n) is 2.77. The highest BCUT2D eigenvalue weighted by molar-refractivity contribution is 7.85. The van der Waals surface area contributed by atoms with Crippen LogP contribution >= 0.6 is 0 Å². The largest absolute Gasteiger partial charge is 0.744 e. The van der Waals surface area contributed by atoms with E-state index in [1.54, 1.807) is 0 Å². The Balaban J connectivity index is 3.62. The Morgan fingerprint density at radius 2 is 2.00 bits per heavy atom. The first-order valence-corrected chi connectivity index (χ1v) is 5.26. The van der Waals surface area contributed by atoms with Crippen LogP contribution in [0.15, 0.2) is 17.0 Å². The number of nitrogens with two attached hydrogens (primary N) is 1. The molecular formula is C7H7N2O6S-. The van der Waals surface area contributed by atoms with Crippen LogP contribution in [0.1, 0.15) is 0 Å².